The molecule has 14 heteroatoms. The Morgan fingerprint density at radius 2 is 1.41 bits per heavy atom. The van der Waals surface area contributed by atoms with Crippen LogP contribution in [0.15, 0.2) is 45.7 Å². The van der Waals surface area contributed by atoms with Gasteiger partial charge in [-0.15, -0.1) is 0 Å². The second kappa shape index (κ2) is 10.8. The van der Waals surface area contributed by atoms with Crippen LogP contribution in [-0.2, 0) is 19.7 Å². The van der Waals surface area contributed by atoms with Crippen molar-refractivity contribution in [3.8, 4) is 0 Å². The van der Waals surface area contributed by atoms with Crippen LogP contribution in [0, 0.1) is 5.41 Å². The van der Waals surface area contributed by atoms with Crippen LogP contribution in [0.2, 0.25) is 0 Å². The quantitative estimate of drug-likeness (QED) is 0.321. The molecule has 0 amide bonds. The second-order valence-electron chi connectivity index (χ2n) is 9.56. The fourth-order valence-corrected chi connectivity index (χ4v) is 7.42. The van der Waals surface area contributed by atoms with Gasteiger partial charge in [0.1, 0.15) is 4.91 Å². The molecule has 1 aromatic carbocycles. The van der Waals surface area contributed by atoms with Crippen molar-refractivity contribution in [1.82, 2.24) is 0 Å². The maximum absolute atomic E-state index is 13.0. The molecular formula is C25H29F6N2O4S2+. The van der Waals surface area contributed by atoms with E-state index in [2.05, 4.69) is 13.8 Å². The summed E-state index contributed by atoms with van der Waals surface area (Å²) in [6, 6.07) is 5.69. The van der Waals surface area contributed by atoms with E-state index in [-0.39, 0.29) is 22.8 Å². The van der Waals surface area contributed by atoms with Crippen LogP contribution < -0.4 is 0 Å². The third-order valence-electron chi connectivity index (χ3n) is 7.18. The Bertz CT molecular complexity index is 1450. The van der Waals surface area contributed by atoms with Gasteiger partial charge in [0.15, 0.2) is 0 Å². The second-order valence-corrected chi connectivity index (χ2v) is 13.3. The molecule has 0 radical (unpaired) electrons. The maximum Gasteiger partial charge on any atom is 0.502 e. The van der Waals surface area contributed by atoms with Crippen molar-refractivity contribution in [2.45, 2.75) is 50.5 Å². The van der Waals surface area contributed by atoms with Crippen LogP contribution in [0.25, 0.3) is 11.6 Å². The molecule has 1 heterocycles. The van der Waals surface area contributed by atoms with Gasteiger partial charge in [-0.1, -0.05) is 37.6 Å². The summed E-state index contributed by atoms with van der Waals surface area (Å²) >= 11 is 0. The summed E-state index contributed by atoms with van der Waals surface area (Å²) in [5, 5.41) is 7.82. The molecule has 1 aliphatic heterocycles. The topological polar surface area (TPSA) is 92.1 Å². The van der Waals surface area contributed by atoms with Crippen molar-refractivity contribution in [2.75, 3.05) is 26.2 Å². The Labute approximate surface area is 223 Å². The normalized spacial score (nSPS) is 19.1. The number of allylic oxidation sites excluding steroid dienone is 4. The van der Waals surface area contributed by atoms with Gasteiger partial charge in [0.25, 0.3) is 19.7 Å². The molecule has 3 aliphatic rings. The number of nitrogens with zero attached hydrogens (tertiary/aromatic N) is 1. The summed E-state index contributed by atoms with van der Waals surface area (Å²) in [5.74, 6) is 0. The first-order chi connectivity index (χ1) is 17.9. The molecule has 0 bridgehead atoms. The monoisotopic (exact) mass is 599 g/mol. The lowest BCUT2D eigenvalue weighted by molar-refractivity contribution is -0.915. The van der Waals surface area contributed by atoms with Crippen molar-refractivity contribution in [3.05, 3.63) is 56.9 Å². The Morgan fingerprint density at radius 1 is 0.846 bits per heavy atom. The Hall–Kier alpha value is -2.45. The van der Waals surface area contributed by atoms with Gasteiger partial charge in [-0.05, 0) is 42.2 Å². The zero-order valence-electron chi connectivity index (χ0n) is 21.3. The van der Waals surface area contributed by atoms with Gasteiger partial charge in [0.05, 0.1) is 36.8 Å². The predicted molar refractivity (Wildman–Crippen MR) is 137 cm³/mol. The van der Waals surface area contributed by atoms with Gasteiger partial charge in [0, 0.05) is 18.4 Å². The van der Waals surface area contributed by atoms with E-state index in [1.165, 1.54) is 80.6 Å². The average molecular weight is 600 g/mol. The van der Waals surface area contributed by atoms with E-state index in [0.29, 0.717) is 0 Å². The van der Waals surface area contributed by atoms with Crippen LogP contribution >= 0.6 is 0 Å². The van der Waals surface area contributed by atoms with Crippen LogP contribution in [0.1, 0.15) is 50.7 Å². The minimum absolute atomic E-state index is 0.153. The zero-order valence-corrected chi connectivity index (χ0v) is 22.9. The van der Waals surface area contributed by atoms with Crippen LogP contribution in [0.3, 0.4) is 0 Å². The summed E-state index contributed by atoms with van der Waals surface area (Å²) in [6.07, 6.45) is 7.05. The molecular weight excluding hydrogens is 570 g/mol. The van der Waals surface area contributed by atoms with Crippen LogP contribution in [-0.4, -0.2) is 64.2 Å². The first-order valence-electron chi connectivity index (χ1n) is 12.3. The number of likely N-dealkylation sites (tertiary alicyclic amines) is 1. The SMILES string of the molecule is CCCC[N+]1(CC)CCCC1.N=C1C2=Cc3ccccc3C2=CC(S(=O)(=O)C(F)(F)F)=C1S(=O)(=O)C(F)(F)F. The first kappa shape index (κ1) is 31.1. The smallest absolute Gasteiger partial charge is 0.324 e. The Kier molecular flexibility index (Phi) is 8.64. The van der Waals surface area contributed by atoms with Crippen molar-refractivity contribution in [3.63, 3.8) is 0 Å². The molecule has 0 aromatic heterocycles. The Balaban J connectivity index is 0.000000320. The highest BCUT2D eigenvalue weighted by molar-refractivity contribution is 8.00. The molecule has 216 valence electrons. The van der Waals surface area contributed by atoms with E-state index in [0.717, 1.165) is 6.08 Å². The predicted octanol–water partition coefficient (Wildman–Crippen LogP) is 6.00. The lowest BCUT2D eigenvalue weighted by atomic mass is 9.95. The minimum atomic E-state index is -6.58. The van der Waals surface area contributed by atoms with Crippen molar-refractivity contribution < 1.29 is 47.7 Å². The molecule has 0 spiro atoms. The van der Waals surface area contributed by atoms with E-state index >= 15 is 0 Å². The number of rotatable bonds is 6. The highest BCUT2D eigenvalue weighted by atomic mass is 32.2. The number of fused-ring (bicyclic) bond motifs is 3. The summed E-state index contributed by atoms with van der Waals surface area (Å²) in [5.41, 5.74) is -13.9. The summed E-state index contributed by atoms with van der Waals surface area (Å²) in [7, 11) is -13.1. The number of benzene rings is 1. The first-order valence-corrected chi connectivity index (χ1v) is 15.2. The summed E-state index contributed by atoms with van der Waals surface area (Å²) < 4.78 is 127. The summed E-state index contributed by atoms with van der Waals surface area (Å²) in [6.45, 7) is 10.4. The average Bonchev–Trinajstić information content (AvgIpc) is 3.47. The van der Waals surface area contributed by atoms with Gasteiger partial charge in [-0.3, -0.25) is 5.41 Å². The van der Waals surface area contributed by atoms with Crippen molar-refractivity contribution in [2.24, 2.45) is 0 Å². The number of hydrogen-bond donors (Lipinski definition) is 1. The molecule has 39 heavy (non-hydrogen) atoms. The van der Waals surface area contributed by atoms with E-state index in [1.54, 1.807) is 0 Å². The van der Waals surface area contributed by atoms with Crippen LogP contribution in [0.4, 0.5) is 26.3 Å². The molecule has 0 saturated carbocycles. The molecule has 1 fully saturated rings. The standard InChI is InChI=1S/C15H7F6NO4S2.C10H22N/c16-14(17,18)27(23,24)11-6-9-8-4-2-1-3-7(8)5-10(9)12(22)13(11)28(25,26)15(19,20)21;1-3-5-8-11(4-2)9-6-7-10-11/h1-6,22H;3-10H2,1-2H3/q;+1. The molecule has 4 rings (SSSR count). The number of quaternary nitrogens is 1. The molecule has 0 unspecified atom stereocenters. The lowest BCUT2D eigenvalue weighted by Gasteiger charge is -2.32. The van der Waals surface area contributed by atoms with Crippen molar-refractivity contribution >= 4 is 37.0 Å². The molecule has 1 N–H and O–H groups in total. The minimum Gasteiger partial charge on any atom is -0.324 e. The van der Waals surface area contributed by atoms with Gasteiger partial charge in [-0.2, -0.15) is 26.3 Å². The van der Waals surface area contributed by atoms with Gasteiger partial charge in [-0.25, -0.2) is 16.8 Å². The Morgan fingerprint density at radius 3 is 1.92 bits per heavy atom. The fraction of sp³-hybridized carbons (Fsp3) is 0.480. The molecule has 1 saturated heterocycles. The number of unbranched alkanes of at least 4 members (excludes halogenated alkanes) is 1. The van der Waals surface area contributed by atoms with Gasteiger partial charge >= 0.3 is 11.0 Å². The number of nitrogens with one attached hydrogen (secondary N) is 1. The largest absolute Gasteiger partial charge is 0.502 e. The molecule has 2 aliphatic carbocycles. The van der Waals surface area contributed by atoms with Crippen molar-refractivity contribution in [1.29, 1.82) is 5.41 Å². The molecule has 6 nitrogen and oxygen atoms in total. The number of alkyl halides is 6. The number of hydrogen-bond acceptors (Lipinski definition) is 5. The number of sulfone groups is 2. The van der Waals surface area contributed by atoms with Gasteiger partial charge < -0.3 is 4.48 Å². The highest BCUT2D eigenvalue weighted by Crippen LogP contribution is 2.47. The third kappa shape index (κ3) is 5.73. The van der Waals surface area contributed by atoms with E-state index in [1.807, 2.05) is 0 Å². The van der Waals surface area contributed by atoms with E-state index < -0.39 is 51.8 Å². The highest BCUT2D eigenvalue weighted by Gasteiger charge is 2.57. The fourth-order valence-electron chi connectivity index (χ4n) is 4.96. The van der Waals surface area contributed by atoms with Gasteiger partial charge in [0.2, 0.25) is 0 Å². The van der Waals surface area contributed by atoms with E-state index in [4.69, 9.17) is 5.41 Å². The van der Waals surface area contributed by atoms with Crippen LogP contribution in [0.5, 0.6) is 0 Å². The summed E-state index contributed by atoms with van der Waals surface area (Å²) in [4.78, 5) is -4.38. The molecule has 1 aromatic rings. The lowest BCUT2D eigenvalue weighted by Crippen LogP contribution is -2.45. The third-order valence-corrected chi connectivity index (χ3v) is 10.4. The number of halogens is 6. The maximum atomic E-state index is 13.0. The van der Waals surface area contributed by atoms with E-state index in [9.17, 15) is 43.2 Å². The molecule has 0 atom stereocenters. The zero-order chi connectivity index (χ0) is 29.4.